The van der Waals surface area contributed by atoms with E-state index in [0.29, 0.717) is 6.10 Å². The van der Waals surface area contributed by atoms with Crippen LogP contribution in [-0.2, 0) is 4.74 Å². The molecule has 1 nitrogen and oxygen atoms in total. The van der Waals surface area contributed by atoms with Gasteiger partial charge in [-0.05, 0) is 25.7 Å². The minimum Gasteiger partial charge on any atom is -0.378 e. The van der Waals surface area contributed by atoms with Gasteiger partial charge in [-0.25, -0.2) is 0 Å². The quantitative estimate of drug-likeness (QED) is 0.562. The zero-order chi connectivity index (χ0) is 7.52. The number of ether oxygens (including phenoxy) is 1. The molecule has 2 aliphatic rings. The number of hydrogen-bond donors (Lipinski definition) is 0. The second-order valence-electron chi connectivity index (χ2n) is 3.72. The molecule has 11 heavy (non-hydrogen) atoms. The molecule has 0 aromatic rings. The van der Waals surface area contributed by atoms with Crippen LogP contribution in [0.15, 0.2) is 0 Å². The Balaban J connectivity index is 1.82. The van der Waals surface area contributed by atoms with Crippen molar-refractivity contribution in [1.82, 2.24) is 0 Å². The van der Waals surface area contributed by atoms with Crippen LogP contribution in [0.5, 0.6) is 0 Å². The van der Waals surface area contributed by atoms with Crippen LogP contribution in [0.3, 0.4) is 0 Å². The van der Waals surface area contributed by atoms with Gasteiger partial charge in [0.2, 0.25) is 0 Å². The highest BCUT2D eigenvalue weighted by Crippen LogP contribution is 2.33. The Morgan fingerprint density at radius 1 is 1.00 bits per heavy atom. The van der Waals surface area contributed by atoms with E-state index in [2.05, 4.69) is 0 Å². The average Bonchev–Trinajstić information content (AvgIpc) is 2.58. The average molecular weight is 153 g/mol. The van der Waals surface area contributed by atoms with Crippen molar-refractivity contribution in [2.45, 2.75) is 51.0 Å². The maximum Gasteiger partial charge on any atom is 0.0638 e. The predicted octanol–water partition coefficient (Wildman–Crippen LogP) is 2.70. The lowest BCUT2D eigenvalue weighted by Gasteiger charge is -2.25. The third kappa shape index (κ3) is 1.76. The van der Waals surface area contributed by atoms with Crippen molar-refractivity contribution < 1.29 is 4.74 Å². The van der Waals surface area contributed by atoms with Crippen LogP contribution in [0.1, 0.15) is 44.9 Å². The largest absolute Gasteiger partial charge is 0.378 e. The van der Waals surface area contributed by atoms with Gasteiger partial charge in [-0.3, -0.25) is 0 Å². The molecule has 1 atom stereocenters. The smallest absolute Gasteiger partial charge is 0.0638 e. The third-order valence-corrected chi connectivity index (χ3v) is 2.88. The van der Waals surface area contributed by atoms with Crippen molar-refractivity contribution >= 4 is 0 Å². The predicted molar refractivity (Wildman–Crippen MR) is 45.3 cm³/mol. The summed E-state index contributed by atoms with van der Waals surface area (Å²) in [5.41, 5.74) is 0. The highest BCUT2D eigenvalue weighted by Gasteiger charge is 2.27. The SMILES string of the molecule is C1CC[C](C2CCCO2)CC1. The summed E-state index contributed by atoms with van der Waals surface area (Å²) in [5.74, 6) is 1.72. The summed E-state index contributed by atoms with van der Waals surface area (Å²) in [7, 11) is 0. The Morgan fingerprint density at radius 3 is 2.45 bits per heavy atom. The van der Waals surface area contributed by atoms with Crippen LogP contribution in [0.4, 0.5) is 0 Å². The van der Waals surface area contributed by atoms with Gasteiger partial charge in [0.1, 0.15) is 0 Å². The molecule has 0 aromatic heterocycles. The first-order valence-electron chi connectivity index (χ1n) is 4.93. The van der Waals surface area contributed by atoms with E-state index < -0.39 is 0 Å². The maximum absolute atomic E-state index is 5.66. The molecular formula is C10H17O. The van der Waals surface area contributed by atoms with Gasteiger partial charge in [-0.1, -0.05) is 19.3 Å². The van der Waals surface area contributed by atoms with Gasteiger partial charge in [-0.15, -0.1) is 0 Å². The number of rotatable bonds is 1. The highest BCUT2D eigenvalue weighted by molar-refractivity contribution is 5.01. The second-order valence-corrected chi connectivity index (χ2v) is 3.72. The summed E-state index contributed by atoms with van der Waals surface area (Å²) >= 11 is 0. The van der Waals surface area contributed by atoms with Crippen molar-refractivity contribution in [3.63, 3.8) is 0 Å². The molecule has 1 saturated heterocycles. The first-order chi connectivity index (χ1) is 5.47. The minimum absolute atomic E-state index is 0.565. The molecule has 1 aliphatic carbocycles. The Hall–Kier alpha value is -0.0400. The van der Waals surface area contributed by atoms with Crippen LogP contribution in [0, 0.1) is 5.92 Å². The zero-order valence-corrected chi connectivity index (χ0v) is 7.14. The molecule has 0 N–H and O–H groups in total. The summed E-state index contributed by atoms with van der Waals surface area (Å²) in [6.45, 7) is 1.01. The van der Waals surface area contributed by atoms with Crippen molar-refractivity contribution in [2.75, 3.05) is 6.61 Å². The van der Waals surface area contributed by atoms with Crippen LogP contribution >= 0.6 is 0 Å². The molecular weight excluding hydrogens is 136 g/mol. The van der Waals surface area contributed by atoms with Crippen LogP contribution in [0.2, 0.25) is 0 Å². The van der Waals surface area contributed by atoms with Gasteiger partial charge in [-0.2, -0.15) is 0 Å². The summed E-state index contributed by atoms with van der Waals surface area (Å²) in [6.07, 6.45) is 10.1. The van der Waals surface area contributed by atoms with Gasteiger partial charge in [0, 0.05) is 12.5 Å². The van der Waals surface area contributed by atoms with E-state index in [1.54, 1.807) is 5.92 Å². The minimum atomic E-state index is 0.565. The normalized spacial score (nSPS) is 34.4. The monoisotopic (exact) mass is 153 g/mol. The molecule has 0 aromatic carbocycles. The van der Waals surface area contributed by atoms with E-state index >= 15 is 0 Å². The van der Waals surface area contributed by atoms with Crippen molar-refractivity contribution in [2.24, 2.45) is 0 Å². The van der Waals surface area contributed by atoms with Gasteiger partial charge in [0.05, 0.1) is 6.10 Å². The molecule has 0 spiro atoms. The fourth-order valence-electron chi connectivity index (χ4n) is 2.23. The topological polar surface area (TPSA) is 9.23 Å². The van der Waals surface area contributed by atoms with E-state index in [1.165, 1.54) is 44.9 Å². The standard InChI is InChI=1S/C10H17O/c1-2-5-9(6-3-1)10-7-4-8-11-10/h10H,1-8H2. The lowest BCUT2D eigenvalue weighted by atomic mass is 9.84. The zero-order valence-electron chi connectivity index (χ0n) is 7.14. The fraction of sp³-hybridized carbons (Fsp3) is 0.900. The summed E-state index contributed by atoms with van der Waals surface area (Å²) in [4.78, 5) is 0. The van der Waals surface area contributed by atoms with E-state index in [4.69, 9.17) is 4.74 Å². The molecule has 1 saturated carbocycles. The van der Waals surface area contributed by atoms with E-state index in [-0.39, 0.29) is 0 Å². The first kappa shape index (κ1) is 7.60. The van der Waals surface area contributed by atoms with Crippen molar-refractivity contribution in [3.05, 3.63) is 5.92 Å². The third-order valence-electron chi connectivity index (χ3n) is 2.88. The molecule has 2 fully saturated rings. The van der Waals surface area contributed by atoms with Crippen LogP contribution in [-0.4, -0.2) is 12.7 Å². The van der Waals surface area contributed by atoms with E-state index in [9.17, 15) is 0 Å². The summed E-state index contributed by atoms with van der Waals surface area (Å²) in [5, 5.41) is 0. The fourth-order valence-corrected chi connectivity index (χ4v) is 2.23. The molecule has 1 heteroatoms. The molecule has 2 rings (SSSR count). The Morgan fingerprint density at radius 2 is 1.82 bits per heavy atom. The molecule has 1 aliphatic heterocycles. The van der Waals surface area contributed by atoms with Crippen molar-refractivity contribution in [1.29, 1.82) is 0 Å². The Bertz CT molecular complexity index is 110. The maximum atomic E-state index is 5.66. The van der Waals surface area contributed by atoms with Gasteiger partial charge in [0.25, 0.3) is 0 Å². The van der Waals surface area contributed by atoms with Crippen LogP contribution in [0.25, 0.3) is 0 Å². The number of hydrogen-bond acceptors (Lipinski definition) is 1. The molecule has 0 bridgehead atoms. The molecule has 1 radical (unpaired) electrons. The summed E-state index contributed by atoms with van der Waals surface area (Å²) < 4.78 is 5.66. The highest BCUT2D eigenvalue weighted by atomic mass is 16.5. The molecule has 63 valence electrons. The Labute approximate surface area is 69.1 Å². The second kappa shape index (κ2) is 3.57. The Kier molecular flexibility index (Phi) is 2.47. The summed E-state index contributed by atoms with van der Waals surface area (Å²) in [6, 6.07) is 0. The molecule has 1 heterocycles. The molecule has 1 unspecified atom stereocenters. The van der Waals surface area contributed by atoms with E-state index in [1.807, 2.05) is 0 Å². The lowest BCUT2D eigenvalue weighted by Crippen LogP contribution is -2.19. The van der Waals surface area contributed by atoms with Gasteiger partial charge < -0.3 is 4.74 Å². The van der Waals surface area contributed by atoms with Gasteiger partial charge in [0.15, 0.2) is 0 Å². The van der Waals surface area contributed by atoms with E-state index in [0.717, 1.165) is 6.61 Å². The van der Waals surface area contributed by atoms with Crippen LogP contribution < -0.4 is 0 Å². The molecule has 0 amide bonds. The first-order valence-corrected chi connectivity index (χ1v) is 4.93. The van der Waals surface area contributed by atoms with Crippen molar-refractivity contribution in [3.8, 4) is 0 Å². The lowest BCUT2D eigenvalue weighted by molar-refractivity contribution is 0.109. The van der Waals surface area contributed by atoms with Gasteiger partial charge >= 0.3 is 0 Å².